The summed E-state index contributed by atoms with van der Waals surface area (Å²) in [6.07, 6.45) is 7.67. The summed E-state index contributed by atoms with van der Waals surface area (Å²) >= 11 is 0. The second-order valence-electron chi connectivity index (χ2n) is 7.54. The minimum atomic E-state index is -0.503. The van der Waals surface area contributed by atoms with Crippen molar-refractivity contribution >= 4 is 11.6 Å². The van der Waals surface area contributed by atoms with E-state index in [-0.39, 0.29) is 11.6 Å². The summed E-state index contributed by atoms with van der Waals surface area (Å²) in [5.74, 6) is -0.835. The van der Waals surface area contributed by atoms with Crippen molar-refractivity contribution in [2.24, 2.45) is 0 Å². The Balaban J connectivity index is 1.47. The first-order valence-electron chi connectivity index (χ1n) is 10.3. The molecule has 0 fully saturated rings. The molecular weight excluding hydrogens is 395 g/mol. The summed E-state index contributed by atoms with van der Waals surface area (Å²) in [4.78, 5) is 17.0. The van der Waals surface area contributed by atoms with Gasteiger partial charge in [-0.05, 0) is 56.0 Å². The van der Waals surface area contributed by atoms with E-state index in [4.69, 9.17) is 0 Å². The van der Waals surface area contributed by atoms with Crippen molar-refractivity contribution in [1.82, 2.24) is 24.5 Å². The van der Waals surface area contributed by atoms with E-state index < -0.39 is 5.82 Å². The van der Waals surface area contributed by atoms with Gasteiger partial charge in [-0.25, -0.2) is 18.7 Å². The first kappa shape index (κ1) is 19.2. The van der Waals surface area contributed by atoms with Crippen molar-refractivity contribution in [3.63, 3.8) is 0 Å². The molecule has 1 aliphatic rings. The number of nitrogens with zero attached hydrogens (tertiary/aromatic N) is 5. The Labute approximate surface area is 178 Å². The third-order valence-corrected chi connectivity index (χ3v) is 5.52. The van der Waals surface area contributed by atoms with Crippen LogP contribution in [0, 0.1) is 5.82 Å². The Hall–Kier alpha value is -3.81. The van der Waals surface area contributed by atoms with Crippen LogP contribution in [0.3, 0.4) is 0 Å². The molecule has 8 heteroatoms. The van der Waals surface area contributed by atoms with Crippen LogP contribution in [0.1, 0.15) is 41.0 Å². The molecule has 1 N–H and O–H groups in total. The Morgan fingerprint density at radius 1 is 1.03 bits per heavy atom. The van der Waals surface area contributed by atoms with Crippen molar-refractivity contribution in [2.75, 3.05) is 5.32 Å². The number of hydrogen-bond donors (Lipinski definition) is 1. The van der Waals surface area contributed by atoms with Gasteiger partial charge in [-0.15, -0.1) is 0 Å². The van der Waals surface area contributed by atoms with E-state index in [9.17, 15) is 9.18 Å². The fraction of sp³-hybridized carbons (Fsp3) is 0.217. The van der Waals surface area contributed by atoms with Gasteiger partial charge in [0.2, 0.25) is 0 Å². The molecule has 2 aromatic carbocycles. The molecule has 0 saturated carbocycles. The van der Waals surface area contributed by atoms with Crippen LogP contribution in [0.4, 0.5) is 10.1 Å². The lowest BCUT2D eigenvalue weighted by Crippen LogP contribution is -2.15. The molecule has 0 unspecified atom stereocenters. The smallest absolute Gasteiger partial charge is 0.276 e. The first-order chi connectivity index (χ1) is 15.2. The van der Waals surface area contributed by atoms with Gasteiger partial charge in [0.15, 0.2) is 11.5 Å². The highest BCUT2D eigenvalue weighted by Gasteiger charge is 2.25. The number of fused-ring (bicyclic) bond motifs is 1. The lowest BCUT2D eigenvalue weighted by molar-refractivity contribution is 0.102. The summed E-state index contributed by atoms with van der Waals surface area (Å²) in [5, 5.41) is 11.4. The largest absolute Gasteiger partial charge is 0.320 e. The maximum absolute atomic E-state index is 14.6. The second kappa shape index (κ2) is 8.14. The number of carbonyl (C=O) groups excluding carboxylic acids is 1. The number of nitrogens with one attached hydrogen (secondary N) is 1. The van der Waals surface area contributed by atoms with Gasteiger partial charge < -0.3 is 5.32 Å². The maximum atomic E-state index is 14.6. The van der Waals surface area contributed by atoms with Gasteiger partial charge in [-0.2, -0.15) is 10.2 Å². The number of rotatable bonds is 4. The number of benzene rings is 2. The van der Waals surface area contributed by atoms with E-state index in [0.717, 1.165) is 49.0 Å². The number of para-hydroxylation sites is 1. The van der Waals surface area contributed by atoms with Crippen LogP contribution in [-0.4, -0.2) is 30.5 Å². The molecule has 5 rings (SSSR count). The van der Waals surface area contributed by atoms with Crippen LogP contribution in [-0.2, 0) is 12.8 Å². The molecule has 0 spiro atoms. The van der Waals surface area contributed by atoms with Gasteiger partial charge in [0.05, 0.1) is 5.69 Å². The van der Waals surface area contributed by atoms with Crippen LogP contribution in [0.25, 0.3) is 11.4 Å². The Morgan fingerprint density at radius 2 is 1.87 bits per heavy atom. The lowest BCUT2D eigenvalue weighted by atomic mass is 10.1. The molecule has 7 nitrogen and oxygen atoms in total. The van der Waals surface area contributed by atoms with Crippen LogP contribution in [0.5, 0.6) is 0 Å². The molecule has 0 aliphatic heterocycles. The number of aromatic nitrogens is 5. The van der Waals surface area contributed by atoms with Crippen molar-refractivity contribution in [1.29, 1.82) is 0 Å². The van der Waals surface area contributed by atoms with Crippen molar-refractivity contribution in [3.8, 4) is 11.4 Å². The van der Waals surface area contributed by atoms with Crippen LogP contribution in [0.15, 0.2) is 61.2 Å². The number of carbonyl (C=O) groups is 1. The van der Waals surface area contributed by atoms with Crippen molar-refractivity contribution in [2.45, 2.75) is 32.1 Å². The third kappa shape index (κ3) is 3.72. The molecule has 4 aromatic rings. The highest BCUT2D eigenvalue weighted by Crippen LogP contribution is 2.27. The molecule has 2 heterocycles. The molecule has 0 radical (unpaired) electrons. The van der Waals surface area contributed by atoms with Crippen molar-refractivity contribution < 1.29 is 9.18 Å². The summed E-state index contributed by atoms with van der Waals surface area (Å²) < 4.78 is 17.8. The summed E-state index contributed by atoms with van der Waals surface area (Å²) in [7, 11) is 0. The van der Waals surface area contributed by atoms with E-state index in [2.05, 4.69) is 20.5 Å². The normalized spacial score (nSPS) is 13.5. The predicted octanol–water partition coefficient (Wildman–Crippen LogP) is 4.11. The number of amides is 1. The Morgan fingerprint density at radius 3 is 2.65 bits per heavy atom. The Kier molecular flexibility index (Phi) is 5.03. The zero-order chi connectivity index (χ0) is 21.2. The second-order valence-corrected chi connectivity index (χ2v) is 7.54. The minimum absolute atomic E-state index is 0.262. The zero-order valence-electron chi connectivity index (χ0n) is 16.8. The summed E-state index contributed by atoms with van der Waals surface area (Å²) in [5.41, 5.74) is 4.03. The minimum Gasteiger partial charge on any atom is -0.320 e. The Bertz CT molecular complexity index is 1220. The topological polar surface area (TPSA) is 77.6 Å². The summed E-state index contributed by atoms with van der Waals surface area (Å²) in [6.45, 7) is 0. The molecule has 1 amide bonds. The highest BCUT2D eigenvalue weighted by molar-refractivity contribution is 6.04. The first-order valence-corrected chi connectivity index (χ1v) is 10.3. The SMILES string of the molecule is O=C(Nc1ccc(-n2cncn2)c(F)c1)c1nn(-c2ccccc2)c2c1CCCCC2. The van der Waals surface area contributed by atoms with E-state index in [1.165, 1.54) is 23.4 Å². The number of anilines is 1. The fourth-order valence-electron chi connectivity index (χ4n) is 4.03. The van der Waals surface area contributed by atoms with E-state index in [1.807, 2.05) is 35.0 Å². The third-order valence-electron chi connectivity index (χ3n) is 5.52. The molecule has 156 valence electrons. The zero-order valence-corrected chi connectivity index (χ0v) is 16.8. The average Bonchev–Trinajstić information content (AvgIpc) is 3.37. The van der Waals surface area contributed by atoms with E-state index >= 15 is 0 Å². The number of hydrogen-bond acceptors (Lipinski definition) is 4. The van der Waals surface area contributed by atoms with Crippen LogP contribution < -0.4 is 5.32 Å². The van der Waals surface area contributed by atoms with Gasteiger partial charge in [0, 0.05) is 16.9 Å². The van der Waals surface area contributed by atoms with Gasteiger partial charge in [0.1, 0.15) is 18.3 Å². The summed E-state index contributed by atoms with van der Waals surface area (Å²) in [6, 6.07) is 14.3. The molecule has 0 atom stereocenters. The van der Waals surface area contributed by atoms with Gasteiger partial charge in [0.25, 0.3) is 5.91 Å². The fourth-order valence-corrected chi connectivity index (χ4v) is 4.03. The van der Waals surface area contributed by atoms with Gasteiger partial charge in [-0.1, -0.05) is 24.6 Å². The van der Waals surface area contributed by atoms with Crippen molar-refractivity contribution in [3.05, 3.63) is 84.0 Å². The molecule has 0 bridgehead atoms. The maximum Gasteiger partial charge on any atom is 0.276 e. The molecule has 0 saturated heterocycles. The molecular formula is C23H21FN6O. The standard InChI is InChI=1S/C23H21FN6O/c24-19-13-16(11-12-21(19)29-15-25-14-26-29)27-23(31)22-18-9-5-2-6-10-20(18)30(28-22)17-7-3-1-4-8-17/h1,3-4,7-8,11-15H,2,5-6,9-10H2,(H,27,31). The average molecular weight is 416 g/mol. The molecule has 1 aliphatic carbocycles. The van der Waals surface area contributed by atoms with Gasteiger partial charge >= 0.3 is 0 Å². The van der Waals surface area contributed by atoms with E-state index in [0.29, 0.717) is 11.4 Å². The number of halogens is 1. The molecule has 31 heavy (non-hydrogen) atoms. The molecule has 2 aromatic heterocycles. The monoisotopic (exact) mass is 416 g/mol. The van der Waals surface area contributed by atoms with Crippen LogP contribution in [0.2, 0.25) is 0 Å². The predicted molar refractivity (Wildman–Crippen MR) is 114 cm³/mol. The lowest BCUT2D eigenvalue weighted by Gasteiger charge is -2.08. The highest BCUT2D eigenvalue weighted by atomic mass is 19.1. The van der Waals surface area contributed by atoms with Crippen LogP contribution >= 0.6 is 0 Å². The quantitative estimate of drug-likeness (QED) is 0.508. The van der Waals surface area contributed by atoms with E-state index in [1.54, 1.807) is 12.1 Å². The van der Waals surface area contributed by atoms with Gasteiger partial charge in [-0.3, -0.25) is 4.79 Å².